The van der Waals surface area contributed by atoms with Gasteiger partial charge in [-0.05, 0) is 50.4 Å². The zero-order valence-electron chi connectivity index (χ0n) is 12.3. The van der Waals surface area contributed by atoms with Crippen molar-refractivity contribution in [1.82, 2.24) is 5.32 Å². The summed E-state index contributed by atoms with van der Waals surface area (Å²) in [5.74, 6) is -0.203. The summed E-state index contributed by atoms with van der Waals surface area (Å²) in [6.45, 7) is 3.51. The van der Waals surface area contributed by atoms with E-state index in [1.54, 1.807) is 6.92 Å². The fraction of sp³-hybridized carbons (Fsp3) is 0.533. The van der Waals surface area contributed by atoms with Gasteiger partial charge in [0.25, 0.3) is 0 Å². The number of rotatable bonds is 4. The highest BCUT2D eigenvalue weighted by molar-refractivity contribution is 5.91. The highest BCUT2D eigenvalue weighted by Crippen LogP contribution is 2.28. The minimum Gasteiger partial charge on any atom is -0.406 e. The number of amides is 1. The number of benzene rings is 1. The zero-order valence-corrected chi connectivity index (χ0v) is 12.3. The summed E-state index contributed by atoms with van der Waals surface area (Å²) in [5.41, 5.74) is 1.04. The average Bonchev–Trinajstić information content (AvgIpc) is 2.42. The summed E-state index contributed by atoms with van der Waals surface area (Å²) in [4.78, 5) is 12.0. The van der Waals surface area contributed by atoms with E-state index >= 15 is 0 Å². The number of hydrogen-bond acceptors (Lipinski definition) is 3. The number of ether oxygens (including phenoxy) is 1. The van der Waals surface area contributed by atoms with Gasteiger partial charge in [-0.15, -0.1) is 13.2 Å². The smallest absolute Gasteiger partial charge is 0.406 e. The number of alkyl halides is 3. The lowest BCUT2D eigenvalue weighted by atomic mass is 9.94. The van der Waals surface area contributed by atoms with E-state index in [4.69, 9.17) is 0 Å². The molecule has 1 amide bonds. The van der Waals surface area contributed by atoms with Crippen LogP contribution >= 0.6 is 0 Å². The molecule has 1 saturated heterocycles. The minimum absolute atomic E-state index is 0.181. The maximum atomic E-state index is 12.2. The predicted octanol–water partition coefficient (Wildman–Crippen LogP) is 3.22. The molecule has 1 aromatic carbocycles. The zero-order chi connectivity index (χ0) is 16.2. The molecule has 0 atom stereocenters. The summed E-state index contributed by atoms with van der Waals surface area (Å²) in [6, 6.07) is 3.91. The van der Waals surface area contributed by atoms with Gasteiger partial charge in [-0.2, -0.15) is 0 Å². The lowest BCUT2D eigenvalue weighted by Crippen LogP contribution is -2.30. The predicted molar refractivity (Wildman–Crippen MR) is 76.7 cm³/mol. The second-order valence-electron chi connectivity index (χ2n) is 5.47. The molecule has 0 radical (unpaired) electrons. The summed E-state index contributed by atoms with van der Waals surface area (Å²) >= 11 is 0. The first-order chi connectivity index (χ1) is 10.3. The lowest BCUT2D eigenvalue weighted by molar-refractivity contribution is -0.274. The molecule has 22 heavy (non-hydrogen) atoms. The van der Waals surface area contributed by atoms with Crippen LogP contribution in [0.5, 0.6) is 5.75 Å². The van der Waals surface area contributed by atoms with Crippen molar-refractivity contribution in [2.45, 2.75) is 32.5 Å². The van der Waals surface area contributed by atoms with E-state index in [2.05, 4.69) is 15.4 Å². The van der Waals surface area contributed by atoms with Crippen molar-refractivity contribution in [3.8, 4) is 5.75 Å². The van der Waals surface area contributed by atoms with E-state index in [-0.39, 0.29) is 11.7 Å². The van der Waals surface area contributed by atoms with E-state index in [1.165, 1.54) is 18.2 Å². The van der Waals surface area contributed by atoms with Crippen molar-refractivity contribution in [2.24, 2.45) is 5.92 Å². The van der Waals surface area contributed by atoms with Crippen molar-refractivity contribution in [3.05, 3.63) is 23.8 Å². The van der Waals surface area contributed by atoms with Crippen LogP contribution in [0.3, 0.4) is 0 Å². The van der Waals surface area contributed by atoms with Crippen LogP contribution in [-0.4, -0.2) is 25.4 Å². The molecule has 1 heterocycles. The number of aryl methyl sites for hydroxylation is 1. The van der Waals surface area contributed by atoms with E-state index in [0.29, 0.717) is 23.6 Å². The summed E-state index contributed by atoms with van der Waals surface area (Å²) in [6.07, 6.45) is -2.50. The number of carbonyl (C=O) groups is 1. The second-order valence-corrected chi connectivity index (χ2v) is 5.47. The topological polar surface area (TPSA) is 50.4 Å². The first-order valence-electron chi connectivity index (χ1n) is 7.20. The molecule has 4 nitrogen and oxygen atoms in total. The number of piperidine rings is 1. The molecule has 1 aliphatic heterocycles. The molecule has 0 saturated carbocycles. The van der Waals surface area contributed by atoms with Gasteiger partial charge < -0.3 is 15.4 Å². The van der Waals surface area contributed by atoms with Gasteiger partial charge in [0, 0.05) is 18.2 Å². The van der Waals surface area contributed by atoms with E-state index in [9.17, 15) is 18.0 Å². The van der Waals surface area contributed by atoms with Gasteiger partial charge in [-0.1, -0.05) is 6.07 Å². The van der Waals surface area contributed by atoms with Gasteiger partial charge in [0.2, 0.25) is 5.91 Å². The molecule has 0 bridgehead atoms. The summed E-state index contributed by atoms with van der Waals surface area (Å²) in [5, 5.41) is 5.90. The average molecular weight is 316 g/mol. The Hall–Kier alpha value is -1.76. The van der Waals surface area contributed by atoms with Gasteiger partial charge in [0.15, 0.2) is 0 Å². The SMILES string of the molecule is Cc1ccc(OC(F)(F)F)cc1NC(=O)CC1CCNCC1. The summed E-state index contributed by atoms with van der Waals surface area (Å²) in [7, 11) is 0. The molecule has 0 spiro atoms. The Morgan fingerprint density at radius 3 is 2.68 bits per heavy atom. The maximum Gasteiger partial charge on any atom is 0.573 e. The second kappa shape index (κ2) is 7.00. The summed E-state index contributed by atoms with van der Waals surface area (Å²) < 4.78 is 40.6. The quantitative estimate of drug-likeness (QED) is 0.897. The van der Waals surface area contributed by atoms with Gasteiger partial charge in [-0.25, -0.2) is 0 Å². The molecular formula is C15H19F3N2O2. The molecule has 0 unspecified atom stereocenters. The van der Waals surface area contributed by atoms with Crippen LogP contribution in [0.4, 0.5) is 18.9 Å². The van der Waals surface area contributed by atoms with Crippen LogP contribution < -0.4 is 15.4 Å². The van der Waals surface area contributed by atoms with Crippen LogP contribution in [0.1, 0.15) is 24.8 Å². The van der Waals surface area contributed by atoms with Gasteiger partial charge in [0.05, 0.1) is 0 Å². The Morgan fingerprint density at radius 2 is 2.05 bits per heavy atom. The fourth-order valence-corrected chi connectivity index (χ4v) is 2.48. The van der Waals surface area contributed by atoms with Crippen LogP contribution in [0.2, 0.25) is 0 Å². The van der Waals surface area contributed by atoms with Crippen molar-refractivity contribution in [1.29, 1.82) is 0 Å². The van der Waals surface area contributed by atoms with Crippen molar-refractivity contribution in [2.75, 3.05) is 18.4 Å². The number of hydrogen-bond donors (Lipinski definition) is 2. The van der Waals surface area contributed by atoms with E-state index in [1.807, 2.05) is 0 Å². The van der Waals surface area contributed by atoms with E-state index in [0.717, 1.165) is 25.9 Å². The van der Waals surface area contributed by atoms with Crippen molar-refractivity contribution >= 4 is 11.6 Å². The van der Waals surface area contributed by atoms with Crippen molar-refractivity contribution < 1.29 is 22.7 Å². The third-order valence-electron chi connectivity index (χ3n) is 3.65. The molecule has 2 rings (SSSR count). The molecule has 1 aromatic rings. The third-order valence-corrected chi connectivity index (χ3v) is 3.65. The number of anilines is 1. The third kappa shape index (κ3) is 5.22. The van der Waals surface area contributed by atoms with Crippen LogP contribution in [0.25, 0.3) is 0 Å². The number of nitrogens with one attached hydrogen (secondary N) is 2. The molecule has 122 valence electrons. The molecule has 0 aromatic heterocycles. The molecule has 0 aliphatic carbocycles. The standard InChI is InChI=1S/C15H19F3N2O2/c1-10-2-3-12(22-15(16,17)18)9-13(10)20-14(21)8-11-4-6-19-7-5-11/h2-3,9,11,19H,4-8H2,1H3,(H,20,21). The largest absolute Gasteiger partial charge is 0.573 e. The van der Waals surface area contributed by atoms with Gasteiger partial charge >= 0.3 is 6.36 Å². The Balaban J connectivity index is 1.98. The monoisotopic (exact) mass is 316 g/mol. The van der Waals surface area contributed by atoms with E-state index < -0.39 is 6.36 Å². The van der Waals surface area contributed by atoms with Gasteiger partial charge in [0.1, 0.15) is 5.75 Å². The highest BCUT2D eigenvalue weighted by atomic mass is 19.4. The normalized spacial score (nSPS) is 16.4. The Morgan fingerprint density at radius 1 is 1.36 bits per heavy atom. The minimum atomic E-state index is -4.74. The van der Waals surface area contributed by atoms with Crippen molar-refractivity contribution in [3.63, 3.8) is 0 Å². The number of carbonyl (C=O) groups excluding carboxylic acids is 1. The Labute approximate surface area is 127 Å². The molecule has 1 aliphatic rings. The molecule has 7 heteroatoms. The Bertz CT molecular complexity index is 526. The lowest BCUT2D eigenvalue weighted by Gasteiger charge is -2.22. The Kier molecular flexibility index (Phi) is 5.28. The van der Waals surface area contributed by atoms with Crippen LogP contribution in [0.15, 0.2) is 18.2 Å². The first-order valence-corrected chi connectivity index (χ1v) is 7.20. The van der Waals surface area contributed by atoms with Crippen LogP contribution in [-0.2, 0) is 4.79 Å². The first kappa shape index (κ1) is 16.6. The maximum absolute atomic E-state index is 12.2. The van der Waals surface area contributed by atoms with Crippen LogP contribution in [0, 0.1) is 12.8 Å². The fourth-order valence-electron chi connectivity index (χ4n) is 2.48. The van der Waals surface area contributed by atoms with Gasteiger partial charge in [-0.3, -0.25) is 4.79 Å². The molecular weight excluding hydrogens is 297 g/mol. The number of halogens is 3. The molecule has 1 fully saturated rings. The molecule has 2 N–H and O–H groups in total. The highest BCUT2D eigenvalue weighted by Gasteiger charge is 2.31.